The van der Waals surface area contributed by atoms with Gasteiger partial charge in [0.15, 0.2) is 5.96 Å². The summed E-state index contributed by atoms with van der Waals surface area (Å²) >= 11 is 1.48. The van der Waals surface area contributed by atoms with Crippen molar-refractivity contribution in [3.05, 3.63) is 71.8 Å². The van der Waals surface area contributed by atoms with Crippen LogP contribution in [0.4, 0.5) is 0 Å². The molecular formula is C31H44N8O5S. The third-order valence-corrected chi connectivity index (χ3v) is 7.39. The molecule has 10 N–H and O–H groups in total. The number of carbonyl (C=O) groups excluding carboxylic acids is 5. The number of amides is 5. The van der Waals surface area contributed by atoms with Gasteiger partial charge >= 0.3 is 0 Å². The monoisotopic (exact) mass is 640 g/mol. The molecule has 0 unspecified atom stereocenters. The van der Waals surface area contributed by atoms with Crippen molar-refractivity contribution in [2.75, 3.05) is 18.6 Å². The molecule has 4 atom stereocenters. The van der Waals surface area contributed by atoms with Gasteiger partial charge in [-0.05, 0) is 42.4 Å². The topological polar surface area (TPSA) is 224 Å². The van der Waals surface area contributed by atoms with Gasteiger partial charge in [-0.3, -0.25) is 29.0 Å². The van der Waals surface area contributed by atoms with Crippen LogP contribution in [-0.4, -0.2) is 78.2 Å². The van der Waals surface area contributed by atoms with E-state index in [1.165, 1.54) is 18.7 Å². The summed E-state index contributed by atoms with van der Waals surface area (Å²) in [6, 6.07) is 14.2. The number of hydrogen-bond acceptors (Lipinski definition) is 7. The summed E-state index contributed by atoms with van der Waals surface area (Å²) in [6.45, 7) is 1.52. The third kappa shape index (κ3) is 14.2. The Bertz CT molecular complexity index is 1290. The van der Waals surface area contributed by atoms with Gasteiger partial charge in [0.05, 0.1) is 0 Å². The SMILES string of the molecule is CSCC[C@H](NC(=O)[C@H](Cc1ccccc1)NC(C)=O)C(=O)N[C@@H](CCCN=C(N)N)C(=O)N[C@@H](Cc1ccccc1)C(N)=O. The molecule has 0 aliphatic heterocycles. The highest BCUT2D eigenvalue weighted by molar-refractivity contribution is 7.98. The summed E-state index contributed by atoms with van der Waals surface area (Å²) in [7, 11) is 0. The van der Waals surface area contributed by atoms with Gasteiger partial charge in [-0.25, -0.2) is 0 Å². The van der Waals surface area contributed by atoms with Gasteiger partial charge in [0, 0.05) is 26.3 Å². The minimum absolute atomic E-state index is 0.110. The Hall–Kier alpha value is -4.59. The van der Waals surface area contributed by atoms with Crippen LogP contribution in [0.1, 0.15) is 37.3 Å². The molecule has 14 heteroatoms. The van der Waals surface area contributed by atoms with Crippen molar-refractivity contribution in [2.24, 2.45) is 22.2 Å². The third-order valence-electron chi connectivity index (χ3n) is 6.74. The highest BCUT2D eigenvalue weighted by Crippen LogP contribution is 2.09. The molecule has 0 aromatic heterocycles. The second-order valence-corrected chi connectivity index (χ2v) is 11.4. The molecule has 13 nitrogen and oxygen atoms in total. The molecule has 0 radical (unpaired) electrons. The lowest BCUT2D eigenvalue weighted by atomic mass is 10.0. The lowest BCUT2D eigenvalue weighted by molar-refractivity contribution is -0.134. The molecule has 0 heterocycles. The highest BCUT2D eigenvalue weighted by Gasteiger charge is 2.30. The van der Waals surface area contributed by atoms with Crippen molar-refractivity contribution in [2.45, 2.75) is 63.2 Å². The highest BCUT2D eigenvalue weighted by atomic mass is 32.2. The molecule has 5 amide bonds. The molecular weight excluding hydrogens is 596 g/mol. The smallest absolute Gasteiger partial charge is 0.243 e. The molecule has 0 spiro atoms. The predicted octanol–water partition coefficient (Wildman–Crippen LogP) is -0.277. The fraction of sp³-hybridized carbons (Fsp3) is 0.419. The molecule has 2 aromatic carbocycles. The van der Waals surface area contributed by atoms with E-state index < -0.39 is 53.7 Å². The van der Waals surface area contributed by atoms with E-state index in [0.29, 0.717) is 12.2 Å². The van der Waals surface area contributed by atoms with E-state index in [2.05, 4.69) is 26.3 Å². The molecule has 2 rings (SSSR count). The number of benzene rings is 2. The van der Waals surface area contributed by atoms with Crippen LogP contribution in [0.2, 0.25) is 0 Å². The number of aliphatic imine (C=N–C) groups is 1. The van der Waals surface area contributed by atoms with Gasteiger partial charge in [-0.2, -0.15) is 11.8 Å². The first-order valence-corrected chi connectivity index (χ1v) is 16.0. The summed E-state index contributed by atoms with van der Waals surface area (Å²) in [5, 5.41) is 10.8. The van der Waals surface area contributed by atoms with Gasteiger partial charge in [-0.1, -0.05) is 60.7 Å². The number of nitrogens with two attached hydrogens (primary N) is 3. The van der Waals surface area contributed by atoms with Crippen LogP contribution in [0.3, 0.4) is 0 Å². The summed E-state index contributed by atoms with van der Waals surface area (Å²) < 4.78 is 0. The van der Waals surface area contributed by atoms with Crippen molar-refractivity contribution in [3.8, 4) is 0 Å². The number of carbonyl (C=O) groups is 5. The molecule has 0 saturated heterocycles. The van der Waals surface area contributed by atoms with Gasteiger partial charge in [0.1, 0.15) is 24.2 Å². The van der Waals surface area contributed by atoms with Crippen LogP contribution in [0, 0.1) is 0 Å². The number of primary amides is 1. The lowest BCUT2D eigenvalue weighted by Gasteiger charge is -2.26. The van der Waals surface area contributed by atoms with E-state index in [9.17, 15) is 24.0 Å². The van der Waals surface area contributed by atoms with Crippen molar-refractivity contribution in [1.82, 2.24) is 21.3 Å². The Morgan fingerprint density at radius 3 is 1.62 bits per heavy atom. The second kappa shape index (κ2) is 19.6. The summed E-state index contributed by atoms with van der Waals surface area (Å²) in [5.41, 5.74) is 18.1. The Labute approximate surface area is 267 Å². The van der Waals surface area contributed by atoms with E-state index in [0.717, 1.165) is 11.1 Å². The molecule has 0 aliphatic carbocycles. The van der Waals surface area contributed by atoms with Gasteiger partial charge in [-0.15, -0.1) is 0 Å². The summed E-state index contributed by atoms with van der Waals surface area (Å²) in [5.74, 6) is -2.47. The molecule has 0 bridgehead atoms. The molecule has 45 heavy (non-hydrogen) atoms. The zero-order valence-corrected chi connectivity index (χ0v) is 26.5. The van der Waals surface area contributed by atoms with Crippen LogP contribution in [-0.2, 0) is 36.8 Å². The first-order valence-electron chi connectivity index (χ1n) is 14.6. The molecule has 244 valence electrons. The molecule has 0 aliphatic rings. The zero-order chi connectivity index (χ0) is 33.2. The Morgan fingerprint density at radius 2 is 1.16 bits per heavy atom. The zero-order valence-electron chi connectivity index (χ0n) is 25.7. The first-order chi connectivity index (χ1) is 21.5. The fourth-order valence-corrected chi connectivity index (χ4v) is 4.94. The van der Waals surface area contributed by atoms with Crippen LogP contribution in [0.5, 0.6) is 0 Å². The van der Waals surface area contributed by atoms with Crippen molar-refractivity contribution < 1.29 is 24.0 Å². The number of nitrogens with one attached hydrogen (secondary N) is 4. The van der Waals surface area contributed by atoms with E-state index in [-0.39, 0.29) is 38.2 Å². The number of guanidine groups is 1. The minimum atomic E-state index is -1.09. The Kier molecular flexibility index (Phi) is 16.0. The first kappa shape index (κ1) is 36.6. The van der Waals surface area contributed by atoms with Crippen LogP contribution in [0.25, 0.3) is 0 Å². The summed E-state index contributed by atoms with van der Waals surface area (Å²) in [6.07, 6.45) is 2.97. The van der Waals surface area contributed by atoms with Gasteiger partial charge in [0.2, 0.25) is 29.5 Å². The summed E-state index contributed by atoms with van der Waals surface area (Å²) in [4.78, 5) is 68.5. The molecule has 0 fully saturated rings. The van der Waals surface area contributed by atoms with Crippen LogP contribution in [0.15, 0.2) is 65.7 Å². The van der Waals surface area contributed by atoms with Crippen molar-refractivity contribution >= 4 is 47.3 Å². The van der Waals surface area contributed by atoms with E-state index in [1.807, 2.05) is 54.8 Å². The second-order valence-electron chi connectivity index (χ2n) is 10.4. The quantitative estimate of drug-likeness (QED) is 0.0613. The minimum Gasteiger partial charge on any atom is -0.370 e. The number of rotatable bonds is 19. The normalized spacial score (nSPS) is 13.3. The predicted molar refractivity (Wildman–Crippen MR) is 176 cm³/mol. The van der Waals surface area contributed by atoms with Crippen molar-refractivity contribution in [1.29, 1.82) is 0 Å². The maximum absolute atomic E-state index is 13.6. The van der Waals surface area contributed by atoms with Gasteiger partial charge in [0.25, 0.3) is 0 Å². The number of nitrogens with zero attached hydrogens (tertiary/aromatic N) is 1. The van der Waals surface area contributed by atoms with E-state index in [4.69, 9.17) is 17.2 Å². The van der Waals surface area contributed by atoms with Crippen LogP contribution < -0.4 is 38.5 Å². The average Bonchev–Trinajstić information content (AvgIpc) is 3.00. The van der Waals surface area contributed by atoms with E-state index in [1.54, 1.807) is 12.1 Å². The number of hydrogen-bond donors (Lipinski definition) is 7. The lowest BCUT2D eigenvalue weighted by Crippen LogP contribution is -2.58. The number of thioether (sulfide) groups is 1. The van der Waals surface area contributed by atoms with E-state index >= 15 is 0 Å². The molecule has 0 saturated carbocycles. The van der Waals surface area contributed by atoms with Gasteiger partial charge < -0.3 is 38.5 Å². The standard InChI is InChI=1S/C31H44N8O5S/c1-20(40)36-26(19-22-12-7-4-8-13-22)30(44)38-24(15-17-45-2)29(43)37-23(14-9-16-35-31(33)34)28(42)39-25(27(32)41)18-21-10-5-3-6-11-21/h3-8,10-13,23-26H,9,14-19H2,1-2H3,(H2,32,41)(H,36,40)(H,37,43)(H,38,44)(H,39,42)(H4,33,34,35)/t23-,24-,25-,26-/m0/s1. The maximum atomic E-state index is 13.6. The van der Waals surface area contributed by atoms with Crippen molar-refractivity contribution in [3.63, 3.8) is 0 Å². The average molecular weight is 641 g/mol. The Morgan fingerprint density at radius 1 is 0.689 bits per heavy atom. The fourth-order valence-electron chi connectivity index (χ4n) is 4.47. The Balaban J connectivity index is 2.23. The largest absolute Gasteiger partial charge is 0.370 e. The maximum Gasteiger partial charge on any atom is 0.243 e. The van der Waals surface area contributed by atoms with Crippen LogP contribution >= 0.6 is 11.8 Å². The molecule has 2 aromatic rings.